The predicted octanol–water partition coefficient (Wildman–Crippen LogP) is 4.03. The molecule has 0 atom stereocenters. The Hall–Kier alpha value is -2.78. The Morgan fingerprint density at radius 2 is 1.97 bits per heavy atom. The second-order valence-corrected chi connectivity index (χ2v) is 8.23. The monoisotopic (exact) mass is 430 g/mol. The number of carbonyl (C=O) groups excluding carboxylic acids is 3. The van der Waals surface area contributed by atoms with Gasteiger partial charge in [0.05, 0.1) is 24.9 Å². The van der Waals surface area contributed by atoms with Gasteiger partial charge in [0, 0.05) is 23.9 Å². The Morgan fingerprint density at radius 1 is 1.23 bits per heavy atom. The Kier molecular flexibility index (Phi) is 7.17. The summed E-state index contributed by atoms with van der Waals surface area (Å²) < 4.78 is 0. The lowest BCUT2D eigenvalue weighted by Crippen LogP contribution is -2.27. The van der Waals surface area contributed by atoms with Crippen LogP contribution in [-0.4, -0.2) is 41.9 Å². The van der Waals surface area contributed by atoms with Gasteiger partial charge in [0.2, 0.25) is 0 Å². The Bertz CT molecular complexity index is 937. The van der Waals surface area contributed by atoms with Gasteiger partial charge in [0.15, 0.2) is 10.9 Å². The summed E-state index contributed by atoms with van der Waals surface area (Å²) in [5.41, 5.74) is 2.54. The number of urea groups is 1. The minimum absolute atomic E-state index is 0.0275. The van der Waals surface area contributed by atoms with Crippen molar-refractivity contribution in [3.8, 4) is 0 Å². The summed E-state index contributed by atoms with van der Waals surface area (Å²) >= 11 is 1.22. The summed E-state index contributed by atoms with van der Waals surface area (Å²) in [4.78, 5) is 46.4. The molecular formula is C21H26N4O4S. The summed E-state index contributed by atoms with van der Waals surface area (Å²) in [7, 11) is 2.93. The normalized spacial score (nSPS) is 13.8. The van der Waals surface area contributed by atoms with Crippen LogP contribution in [0.5, 0.6) is 0 Å². The van der Waals surface area contributed by atoms with Crippen LogP contribution in [-0.2, 0) is 16.1 Å². The van der Waals surface area contributed by atoms with Gasteiger partial charge in [0.1, 0.15) is 0 Å². The number of ketones is 1. The van der Waals surface area contributed by atoms with Crippen molar-refractivity contribution >= 4 is 39.9 Å². The van der Waals surface area contributed by atoms with Crippen molar-refractivity contribution in [2.45, 2.75) is 39.0 Å². The molecule has 0 unspecified atom stereocenters. The first-order chi connectivity index (χ1) is 14.4. The molecule has 1 heterocycles. The van der Waals surface area contributed by atoms with E-state index in [2.05, 4.69) is 15.6 Å². The number of carbonyl (C=O) groups is 3. The fourth-order valence-electron chi connectivity index (χ4n) is 3.44. The van der Waals surface area contributed by atoms with Gasteiger partial charge in [-0.05, 0) is 31.9 Å². The predicted molar refractivity (Wildman–Crippen MR) is 116 cm³/mol. The third kappa shape index (κ3) is 5.43. The van der Waals surface area contributed by atoms with Gasteiger partial charge in [-0.3, -0.25) is 19.7 Å². The molecule has 9 heteroatoms. The molecular weight excluding hydrogens is 404 g/mol. The molecule has 1 fully saturated rings. The average Bonchev–Trinajstić information content (AvgIpc) is 3.40. The molecule has 1 aromatic carbocycles. The third-order valence-electron chi connectivity index (χ3n) is 5.14. The van der Waals surface area contributed by atoms with Crippen molar-refractivity contribution < 1.29 is 19.2 Å². The number of aromatic nitrogens is 1. The molecule has 3 amide bonds. The smallest absolute Gasteiger partial charge is 0.307 e. The van der Waals surface area contributed by atoms with Crippen molar-refractivity contribution in [2.24, 2.45) is 5.92 Å². The van der Waals surface area contributed by atoms with Crippen molar-refractivity contribution in [2.75, 3.05) is 24.8 Å². The number of Topliss-reactive ketones (excluding diaryl/α,β-unsaturated/α-hetero) is 1. The van der Waals surface area contributed by atoms with E-state index in [1.165, 1.54) is 25.5 Å². The SMILES string of the molecule is CON(C)C(=O)Cc1csc(NC(=O)Nc2ccc(C)cc2C(=O)C2CCCC2)n1. The number of benzene rings is 1. The fourth-order valence-corrected chi connectivity index (χ4v) is 4.15. The molecule has 160 valence electrons. The number of aryl methyl sites for hydroxylation is 1. The maximum Gasteiger partial charge on any atom is 0.325 e. The van der Waals surface area contributed by atoms with E-state index in [9.17, 15) is 14.4 Å². The molecule has 30 heavy (non-hydrogen) atoms. The van der Waals surface area contributed by atoms with E-state index < -0.39 is 6.03 Å². The zero-order valence-electron chi connectivity index (χ0n) is 17.4. The lowest BCUT2D eigenvalue weighted by Gasteiger charge is -2.14. The molecule has 2 N–H and O–H groups in total. The quantitative estimate of drug-likeness (QED) is 0.510. The van der Waals surface area contributed by atoms with Crippen LogP contribution < -0.4 is 10.6 Å². The number of rotatable bonds is 7. The number of anilines is 2. The summed E-state index contributed by atoms with van der Waals surface area (Å²) in [6, 6.07) is 4.96. The van der Waals surface area contributed by atoms with Crippen molar-refractivity contribution in [1.29, 1.82) is 0 Å². The minimum Gasteiger partial charge on any atom is -0.307 e. The highest BCUT2D eigenvalue weighted by Gasteiger charge is 2.26. The lowest BCUT2D eigenvalue weighted by molar-refractivity contribution is -0.167. The van der Waals surface area contributed by atoms with Crippen LogP contribution in [0.1, 0.15) is 47.3 Å². The number of thiazole rings is 1. The van der Waals surface area contributed by atoms with Crippen molar-refractivity contribution in [3.63, 3.8) is 0 Å². The Morgan fingerprint density at radius 3 is 2.67 bits per heavy atom. The first-order valence-electron chi connectivity index (χ1n) is 9.85. The van der Waals surface area contributed by atoms with Crippen LogP contribution in [0.25, 0.3) is 0 Å². The number of hydrogen-bond acceptors (Lipinski definition) is 6. The number of hydrogen-bond donors (Lipinski definition) is 2. The maximum absolute atomic E-state index is 12.9. The second kappa shape index (κ2) is 9.82. The molecule has 0 aliphatic heterocycles. The number of likely N-dealkylation sites (N-methyl/N-ethyl adjacent to an activating group) is 1. The Balaban J connectivity index is 1.65. The van der Waals surface area contributed by atoms with Gasteiger partial charge < -0.3 is 5.32 Å². The average molecular weight is 431 g/mol. The molecule has 0 spiro atoms. The van der Waals surface area contributed by atoms with Crippen LogP contribution in [0.15, 0.2) is 23.6 Å². The van der Waals surface area contributed by atoms with Gasteiger partial charge >= 0.3 is 6.03 Å². The van der Waals surface area contributed by atoms with Crippen LogP contribution in [0.2, 0.25) is 0 Å². The molecule has 0 bridgehead atoms. The van der Waals surface area contributed by atoms with Crippen LogP contribution >= 0.6 is 11.3 Å². The van der Waals surface area contributed by atoms with Crippen LogP contribution in [0, 0.1) is 12.8 Å². The third-order valence-corrected chi connectivity index (χ3v) is 5.95. The van der Waals surface area contributed by atoms with E-state index in [4.69, 9.17) is 4.84 Å². The molecule has 1 aromatic heterocycles. The van der Waals surface area contributed by atoms with E-state index >= 15 is 0 Å². The molecule has 3 rings (SSSR count). The molecule has 0 radical (unpaired) electrons. The second-order valence-electron chi connectivity index (χ2n) is 7.37. The van der Waals surface area contributed by atoms with Gasteiger partial charge in [-0.15, -0.1) is 11.3 Å². The van der Waals surface area contributed by atoms with E-state index in [0.29, 0.717) is 22.1 Å². The number of nitrogens with zero attached hydrogens (tertiary/aromatic N) is 2. The zero-order chi connectivity index (χ0) is 21.7. The first kappa shape index (κ1) is 21.9. The molecule has 1 aliphatic rings. The van der Waals surface area contributed by atoms with Crippen LogP contribution in [0.3, 0.4) is 0 Å². The fraction of sp³-hybridized carbons (Fsp3) is 0.429. The Labute approximate surface area is 179 Å². The molecule has 0 saturated heterocycles. The van der Waals surface area contributed by atoms with Gasteiger partial charge in [0.25, 0.3) is 5.91 Å². The highest BCUT2D eigenvalue weighted by Crippen LogP contribution is 2.31. The lowest BCUT2D eigenvalue weighted by atomic mass is 9.94. The molecule has 1 aliphatic carbocycles. The highest BCUT2D eigenvalue weighted by atomic mass is 32.1. The van der Waals surface area contributed by atoms with Gasteiger partial charge in [-0.25, -0.2) is 14.8 Å². The first-order valence-corrected chi connectivity index (χ1v) is 10.7. The minimum atomic E-state index is -0.486. The maximum atomic E-state index is 12.9. The van der Waals surface area contributed by atoms with E-state index in [-0.39, 0.29) is 24.0 Å². The van der Waals surface area contributed by atoms with E-state index in [0.717, 1.165) is 36.3 Å². The van der Waals surface area contributed by atoms with Crippen molar-refractivity contribution in [3.05, 3.63) is 40.4 Å². The number of nitrogens with one attached hydrogen (secondary N) is 2. The summed E-state index contributed by atoms with van der Waals surface area (Å²) in [6.07, 6.45) is 4.01. The summed E-state index contributed by atoms with van der Waals surface area (Å²) in [5.74, 6) is -0.128. The number of hydroxylamine groups is 2. The zero-order valence-corrected chi connectivity index (χ0v) is 18.2. The van der Waals surface area contributed by atoms with Gasteiger partial charge in [-0.1, -0.05) is 24.5 Å². The van der Waals surface area contributed by atoms with Crippen molar-refractivity contribution in [1.82, 2.24) is 10.0 Å². The molecule has 2 aromatic rings. The topological polar surface area (TPSA) is 101 Å². The van der Waals surface area contributed by atoms with E-state index in [1.807, 2.05) is 19.1 Å². The standard InChI is InChI=1S/C21H26N4O4S/c1-13-8-9-17(16(10-13)19(27)14-6-4-5-7-14)23-20(28)24-21-22-15(12-30-21)11-18(26)25(2)29-3/h8-10,12,14H,4-7,11H2,1-3H3,(H2,22,23,24,28). The largest absolute Gasteiger partial charge is 0.325 e. The van der Waals surface area contributed by atoms with Gasteiger partial charge in [-0.2, -0.15) is 0 Å². The molecule has 1 saturated carbocycles. The summed E-state index contributed by atoms with van der Waals surface area (Å²) in [6.45, 7) is 1.93. The highest BCUT2D eigenvalue weighted by molar-refractivity contribution is 7.14. The summed E-state index contributed by atoms with van der Waals surface area (Å²) in [5, 5.41) is 8.63. The number of amides is 3. The van der Waals surface area contributed by atoms with E-state index in [1.54, 1.807) is 11.4 Å². The van der Waals surface area contributed by atoms with Crippen LogP contribution in [0.4, 0.5) is 15.6 Å². The molecule has 8 nitrogen and oxygen atoms in total.